The van der Waals surface area contributed by atoms with Gasteiger partial charge >= 0.3 is 0 Å². The average molecular weight is 246 g/mol. The molecule has 0 heterocycles. The Bertz CT molecular complexity index is 434. The largest absolute Gasteiger partial charge is 0.545 e. The molecule has 0 amide bonds. The first kappa shape index (κ1) is 13.1. The molecule has 6 heteroatoms. The van der Waals surface area contributed by atoms with Gasteiger partial charge in [0.2, 0.25) is 0 Å². The number of rotatable bonds is 6. The number of nitrogens with two attached hydrogens (primary N) is 1. The summed E-state index contributed by atoms with van der Waals surface area (Å²) < 4.78 is 37.6. The van der Waals surface area contributed by atoms with Gasteiger partial charge in [-0.2, -0.15) is 0 Å². The Labute approximate surface area is 94.9 Å². The molecule has 0 atom stereocenters. The monoisotopic (exact) mass is 246 g/mol. The Kier molecular flexibility index (Phi) is 4.85. The Morgan fingerprint density at radius 3 is 2.81 bits per heavy atom. The molecule has 0 unspecified atom stereocenters. The van der Waals surface area contributed by atoms with E-state index in [1.165, 1.54) is 12.1 Å². The second kappa shape index (κ2) is 5.93. The average Bonchev–Trinajstić information content (AvgIpc) is 2.15. The van der Waals surface area contributed by atoms with Crippen LogP contribution in [-0.4, -0.2) is 27.8 Å². The lowest BCUT2D eigenvalue weighted by atomic mass is 10.2. The van der Waals surface area contributed by atoms with E-state index in [4.69, 9.17) is 0 Å². The van der Waals surface area contributed by atoms with E-state index in [1.807, 2.05) is 11.4 Å². The molecular formula is C10H15FN2O2S. The molecule has 0 aliphatic heterocycles. The maximum atomic E-state index is 12.8. The Balaban J connectivity index is 2.21. The van der Waals surface area contributed by atoms with E-state index in [9.17, 15) is 12.8 Å². The highest BCUT2D eigenvalue weighted by molar-refractivity contribution is 7.93. The molecule has 1 rings (SSSR count). The summed E-state index contributed by atoms with van der Waals surface area (Å²) in [6.07, 6.45) is 1.07. The van der Waals surface area contributed by atoms with Crippen molar-refractivity contribution < 1.29 is 18.1 Å². The summed E-state index contributed by atoms with van der Waals surface area (Å²) in [7, 11) is -3.23. The zero-order valence-corrected chi connectivity index (χ0v) is 9.87. The minimum Gasteiger partial charge on any atom is -0.545 e. The smallest absolute Gasteiger partial charge is 0.123 e. The molecule has 1 aromatic carbocycles. The standard InChI is InChI=1S/C10H14FN2O2S/c1-16(14,15)13-6-5-12-8-9-3-2-4-10(11)7-9/h2-4,7,12H,5-6,8H2,1H3/q-1/p+1. The van der Waals surface area contributed by atoms with Crippen molar-refractivity contribution in [3.8, 4) is 0 Å². The van der Waals surface area contributed by atoms with Crippen molar-refractivity contribution in [1.29, 1.82) is 0 Å². The molecule has 90 valence electrons. The second-order valence-corrected chi connectivity index (χ2v) is 5.22. The van der Waals surface area contributed by atoms with Gasteiger partial charge in [-0.1, -0.05) is 18.7 Å². The predicted octanol–water partition coefficient (Wildman–Crippen LogP) is 0.222. The van der Waals surface area contributed by atoms with Crippen molar-refractivity contribution in [2.45, 2.75) is 6.54 Å². The molecule has 0 radical (unpaired) electrons. The number of quaternary nitrogens is 1. The van der Waals surface area contributed by atoms with E-state index in [1.54, 1.807) is 6.07 Å². The van der Waals surface area contributed by atoms with Crippen LogP contribution in [0.3, 0.4) is 0 Å². The first-order valence-corrected chi connectivity index (χ1v) is 6.77. The number of benzene rings is 1. The van der Waals surface area contributed by atoms with Crippen molar-refractivity contribution in [2.75, 3.05) is 19.3 Å². The topological polar surface area (TPSA) is 64.8 Å². The van der Waals surface area contributed by atoms with Crippen LogP contribution in [0.15, 0.2) is 24.3 Å². The lowest BCUT2D eigenvalue weighted by molar-refractivity contribution is -0.667. The molecule has 1 aromatic rings. The molecule has 0 bridgehead atoms. The maximum absolute atomic E-state index is 12.8. The van der Waals surface area contributed by atoms with E-state index in [2.05, 4.69) is 4.72 Å². The third kappa shape index (κ3) is 5.79. The molecule has 0 fully saturated rings. The lowest BCUT2D eigenvalue weighted by Crippen LogP contribution is -2.83. The van der Waals surface area contributed by atoms with Gasteiger partial charge in [-0.05, 0) is 12.1 Å². The van der Waals surface area contributed by atoms with Gasteiger partial charge < -0.3 is 10.0 Å². The number of halogens is 1. The predicted molar refractivity (Wildman–Crippen MR) is 60.0 cm³/mol. The van der Waals surface area contributed by atoms with Gasteiger partial charge in [-0.3, -0.25) is 0 Å². The third-order valence-electron chi connectivity index (χ3n) is 1.93. The van der Waals surface area contributed by atoms with Gasteiger partial charge in [0.1, 0.15) is 12.4 Å². The van der Waals surface area contributed by atoms with Gasteiger partial charge in [-0.15, -0.1) is 0 Å². The van der Waals surface area contributed by atoms with Crippen LogP contribution in [0.4, 0.5) is 4.39 Å². The van der Waals surface area contributed by atoms with Gasteiger partial charge in [0.05, 0.1) is 16.6 Å². The van der Waals surface area contributed by atoms with Crippen molar-refractivity contribution in [2.24, 2.45) is 0 Å². The molecule has 0 saturated heterocycles. The summed E-state index contributed by atoms with van der Waals surface area (Å²) >= 11 is 0. The summed E-state index contributed by atoms with van der Waals surface area (Å²) in [5.41, 5.74) is 0.874. The molecule has 0 aromatic heterocycles. The molecule has 0 saturated carbocycles. The molecule has 0 aliphatic rings. The molecule has 2 N–H and O–H groups in total. The van der Waals surface area contributed by atoms with Gasteiger partial charge in [-0.25, -0.2) is 12.8 Å². The van der Waals surface area contributed by atoms with Crippen LogP contribution in [0.25, 0.3) is 4.72 Å². The second-order valence-electron chi connectivity index (χ2n) is 3.50. The highest BCUT2D eigenvalue weighted by atomic mass is 32.2. The van der Waals surface area contributed by atoms with E-state index in [0.717, 1.165) is 11.8 Å². The van der Waals surface area contributed by atoms with Crippen LogP contribution in [0.2, 0.25) is 0 Å². The van der Waals surface area contributed by atoms with Crippen LogP contribution >= 0.6 is 0 Å². The first-order chi connectivity index (χ1) is 7.47. The summed E-state index contributed by atoms with van der Waals surface area (Å²) in [6, 6.07) is 6.33. The van der Waals surface area contributed by atoms with Crippen LogP contribution in [0, 0.1) is 5.82 Å². The minimum absolute atomic E-state index is 0.258. The van der Waals surface area contributed by atoms with Crippen molar-refractivity contribution >= 4 is 10.0 Å². The summed E-state index contributed by atoms with van der Waals surface area (Å²) in [4.78, 5) is 0. The fourth-order valence-electron chi connectivity index (χ4n) is 1.24. The van der Waals surface area contributed by atoms with E-state index >= 15 is 0 Å². The molecule has 16 heavy (non-hydrogen) atoms. The van der Waals surface area contributed by atoms with Gasteiger partial charge in [0.15, 0.2) is 0 Å². The fourth-order valence-corrected chi connectivity index (χ4v) is 1.68. The summed E-state index contributed by atoms with van der Waals surface area (Å²) in [5.74, 6) is -0.258. The Morgan fingerprint density at radius 1 is 1.44 bits per heavy atom. The SMILES string of the molecule is CS(=O)(=O)[N-]CC[NH2+]Cc1cccc(F)c1. The maximum Gasteiger partial charge on any atom is 0.123 e. The van der Waals surface area contributed by atoms with Crippen LogP contribution < -0.4 is 5.32 Å². The molecule has 0 spiro atoms. The van der Waals surface area contributed by atoms with Crippen molar-refractivity contribution in [3.05, 3.63) is 40.4 Å². The minimum atomic E-state index is -3.23. The molecule has 0 aliphatic carbocycles. The van der Waals surface area contributed by atoms with E-state index in [0.29, 0.717) is 13.1 Å². The highest BCUT2D eigenvalue weighted by Crippen LogP contribution is 2.01. The fraction of sp³-hybridized carbons (Fsp3) is 0.400. The van der Waals surface area contributed by atoms with E-state index in [-0.39, 0.29) is 12.4 Å². The lowest BCUT2D eigenvalue weighted by Gasteiger charge is -2.14. The van der Waals surface area contributed by atoms with Crippen molar-refractivity contribution in [3.63, 3.8) is 0 Å². The first-order valence-electron chi connectivity index (χ1n) is 4.92. The summed E-state index contributed by atoms with van der Waals surface area (Å²) in [5, 5.41) is 1.89. The zero-order chi connectivity index (χ0) is 12.0. The number of sulfonamides is 1. The van der Waals surface area contributed by atoms with Gasteiger partial charge in [0.25, 0.3) is 0 Å². The molecule has 4 nitrogen and oxygen atoms in total. The highest BCUT2D eigenvalue weighted by Gasteiger charge is 1.96. The van der Waals surface area contributed by atoms with Crippen molar-refractivity contribution in [1.82, 2.24) is 0 Å². The third-order valence-corrected chi connectivity index (χ3v) is 2.58. The Hall–Kier alpha value is -0.980. The zero-order valence-electron chi connectivity index (χ0n) is 9.06. The molecular weight excluding hydrogens is 231 g/mol. The normalized spacial score (nSPS) is 11.6. The number of nitrogens with zero attached hydrogens (tertiary/aromatic N) is 1. The number of hydrogen-bond acceptors (Lipinski definition) is 2. The Morgan fingerprint density at radius 2 is 2.19 bits per heavy atom. The summed E-state index contributed by atoms with van der Waals surface area (Å²) in [6.45, 7) is 1.45. The van der Waals surface area contributed by atoms with Crippen LogP contribution in [0.1, 0.15) is 5.56 Å². The number of hydrogen-bond donors (Lipinski definition) is 1. The van der Waals surface area contributed by atoms with Gasteiger partial charge in [0, 0.05) is 11.8 Å². The quantitative estimate of drug-likeness (QED) is 0.730. The van der Waals surface area contributed by atoms with Crippen LogP contribution in [0.5, 0.6) is 0 Å². The van der Waals surface area contributed by atoms with E-state index < -0.39 is 10.0 Å². The van der Waals surface area contributed by atoms with Crippen LogP contribution in [-0.2, 0) is 16.6 Å².